The Balaban J connectivity index is 2.07. The Hall–Kier alpha value is -1.35. The van der Waals surface area contributed by atoms with Crippen molar-refractivity contribution >= 4 is 17.3 Å². The lowest BCUT2D eigenvalue weighted by molar-refractivity contribution is 0.221. The fourth-order valence-corrected chi connectivity index (χ4v) is 1.17. The molecule has 0 atom stereocenters. The molecule has 0 radical (unpaired) electrons. The van der Waals surface area contributed by atoms with Crippen LogP contribution in [0.5, 0.6) is 0 Å². The summed E-state index contributed by atoms with van der Waals surface area (Å²) in [4.78, 5) is 5.22. The lowest BCUT2D eigenvalue weighted by Crippen LogP contribution is -2.30. The summed E-state index contributed by atoms with van der Waals surface area (Å²) in [5.74, 6) is 0.420. The molecule has 3 nitrogen and oxygen atoms in total. The van der Waals surface area contributed by atoms with Crippen molar-refractivity contribution in [2.24, 2.45) is 0 Å². The van der Waals surface area contributed by atoms with Crippen molar-refractivity contribution in [2.75, 3.05) is 11.1 Å². The summed E-state index contributed by atoms with van der Waals surface area (Å²) in [5.41, 5.74) is 4.79. The zero-order valence-corrected chi connectivity index (χ0v) is 7.66. The zero-order valence-electron chi connectivity index (χ0n) is 6.90. The number of anilines is 1. The summed E-state index contributed by atoms with van der Waals surface area (Å²) in [6.07, 6.45) is 1.60. The largest absolute Gasteiger partial charge is 0.365 e. The third-order valence-corrected chi connectivity index (χ3v) is 1.97. The second-order valence-corrected chi connectivity index (χ2v) is 2.89. The summed E-state index contributed by atoms with van der Waals surface area (Å²) in [6, 6.07) is 9.73. The van der Waals surface area contributed by atoms with E-state index in [1.165, 1.54) is 0 Å². The number of allylic oxidation sites excluding steroid dienone is 1. The molecule has 0 aliphatic carbocycles. The molecule has 0 unspecified atom stereocenters. The first kappa shape index (κ1) is 8.26. The topological polar surface area (TPSA) is 24.5 Å². The van der Waals surface area contributed by atoms with Gasteiger partial charge < -0.3 is 4.84 Å². The number of nitrogens with zero attached hydrogens (tertiary/aromatic N) is 1. The predicted molar refractivity (Wildman–Crippen MR) is 51.9 cm³/mol. The average Bonchev–Trinajstić information content (AvgIpc) is 2.67. The molecule has 1 aromatic rings. The monoisotopic (exact) mass is 196 g/mol. The Morgan fingerprint density at radius 3 is 2.69 bits per heavy atom. The zero-order chi connectivity index (χ0) is 9.10. The molecule has 0 bridgehead atoms. The molecule has 4 heteroatoms. The maximum atomic E-state index is 5.62. The lowest BCUT2D eigenvalue weighted by Gasteiger charge is -2.16. The number of halogens is 1. The molecule has 1 N–H and O–H groups in total. The Kier molecular flexibility index (Phi) is 2.27. The van der Waals surface area contributed by atoms with Crippen molar-refractivity contribution in [3.63, 3.8) is 0 Å². The first-order valence-corrected chi connectivity index (χ1v) is 4.47. The van der Waals surface area contributed by atoms with E-state index >= 15 is 0 Å². The van der Waals surface area contributed by atoms with Crippen molar-refractivity contribution in [1.29, 1.82) is 0 Å². The molecule has 1 heterocycles. The van der Waals surface area contributed by atoms with E-state index in [0.29, 0.717) is 5.88 Å². The van der Waals surface area contributed by atoms with E-state index in [1.807, 2.05) is 30.3 Å². The smallest absolute Gasteiger partial charge is 0.144 e. The van der Waals surface area contributed by atoms with Gasteiger partial charge >= 0.3 is 0 Å². The second-order valence-electron chi connectivity index (χ2n) is 2.62. The Bertz CT molecular complexity index is 313. The molecule has 68 valence electrons. The highest BCUT2D eigenvalue weighted by molar-refractivity contribution is 6.19. The van der Waals surface area contributed by atoms with E-state index in [1.54, 1.807) is 11.4 Å². The highest BCUT2D eigenvalue weighted by Gasteiger charge is 2.13. The maximum absolute atomic E-state index is 5.62. The number of hydrazine groups is 1. The van der Waals surface area contributed by atoms with Gasteiger partial charge in [-0.2, -0.15) is 0 Å². The standard InChI is InChI=1S/C9H9ClN2O/c10-6-8-7-13-12(11-8)9-4-2-1-3-5-9/h1-5,7,11H,6H2. The van der Waals surface area contributed by atoms with Gasteiger partial charge in [0.2, 0.25) is 0 Å². The van der Waals surface area contributed by atoms with Gasteiger partial charge in [0, 0.05) is 0 Å². The van der Waals surface area contributed by atoms with Crippen molar-refractivity contribution in [3.05, 3.63) is 42.3 Å². The maximum Gasteiger partial charge on any atom is 0.144 e. The van der Waals surface area contributed by atoms with Crippen LogP contribution in [0.4, 0.5) is 5.69 Å². The summed E-state index contributed by atoms with van der Waals surface area (Å²) in [6.45, 7) is 0. The van der Waals surface area contributed by atoms with Crippen LogP contribution < -0.4 is 10.6 Å². The van der Waals surface area contributed by atoms with Gasteiger partial charge in [-0.15, -0.1) is 16.8 Å². The van der Waals surface area contributed by atoms with Crippen molar-refractivity contribution in [2.45, 2.75) is 0 Å². The number of hydrogen-bond acceptors (Lipinski definition) is 3. The molecule has 0 amide bonds. The number of nitrogens with one attached hydrogen (secondary N) is 1. The number of para-hydroxylation sites is 1. The van der Waals surface area contributed by atoms with Crippen molar-refractivity contribution < 1.29 is 4.84 Å². The van der Waals surface area contributed by atoms with Crippen LogP contribution in [0.2, 0.25) is 0 Å². The number of benzene rings is 1. The third kappa shape index (κ3) is 1.70. The van der Waals surface area contributed by atoms with Gasteiger partial charge in [-0.3, -0.25) is 5.43 Å². The van der Waals surface area contributed by atoms with Gasteiger partial charge in [-0.1, -0.05) is 18.2 Å². The fourth-order valence-electron chi connectivity index (χ4n) is 1.05. The highest BCUT2D eigenvalue weighted by Crippen LogP contribution is 2.16. The molecule has 2 rings (SSSR count). The van der Waals surface area contributed by atoms with E-state index < -0.39 is 0 Å². The molecule has 1 aliphatic heterocycles. The van der Waals surface area contributed by atoms with Gasteiger partial charge in [0.1, 0.15) is 6.26 Å². The Morgan fingerprint density at radius 2 is 2.08 bits per heavy atom. The fraction of sp³-hybridized carbons (Fsp3) is 0.111. The summed E-state index contributed by atoms with van der Waals surface area (Å²) in [5, 5.41) is 1.57. The molecule has 1 aliphatic rings. The predicted octanol–water partition coefficient (Wildman–Crippen LogP) is 2.02. The quantitative estimate of drug-likeness (QED) is 0.733. The summed E-state index contributed by atoms with van der Waals surface area (Å²) in [7, 11) is 0. The van der Waals surface area contributed by atoms with Gasteiger partial charge in [-0.25, -0.2) is 0 Å². The van der Waals surface area contributed by atoms with Crippen LogP contribution in [0.1, 0.15) is 0 Å². The average molecular weight is 197 g/mol. The van der Waals surface area contributed by atoms with Gasteiger partial charge in [0.05, 0.1) is 17.3 Å². The van der Waals surface area contributed by atoms with Crippen molar-refractivity contribution in [1.82, 2.24) is 5.43 Å². The minimum Gasteiger partial charge on any atom is -0.365 e. The van der Waals surface area contributed by atoms with Crippen LogP contribution in [0.3, 0.4) is 0 Å². The van der Waals surface area contributed by atoms with E-state index in [9.17, 15) is 0 Å². The molecule has 0 saturated heterocycles. The van der Waals surface area contributed by atoms with Gasteiger partial charge in [0.25, 0.3) is 0 Å². The molecular weight excluding hydrogens is 188 g/mol. The molecule has 0 fully saturated rings. The van der Waals surface area contributed by atoms with Crippen LogP contribution >= 0.6 is 11.6 Å². The van der Waals surface area contributed by atoms with Crippen LogP contribution in [0.15, 0.2) is 42.3 Å². The molecule has 0 saturated carbocycles. The minimum absolute atomic E-state index is 0.420. The molecule has 0 spiro atoms. The number of rotatable bonds is 2. The van der Waals surface area contributed by atoms with E-state index in [0.717, 1.165) is 11.4 Å². The normalized spacial score (nSPS) is 14.8. The van der Waals surface area contributed by atoms with Crippen LogP contribution in [0.25, 0.3) is 0 Å². The highest BCUT2D eigenvalue weighted by atomic mass is 35.5. The summed E-state index contributed by atoms with van der Waals surface area (Å²) >= 11 is 5.62. The van der Waals surface area contributed by atoms with Gasteiger partial charge in [-0.05, 0) is 12.1 Å². The second kappa shape index (κ2) is 3.58. The van der Waals surface area contributed by atoms with Crippen molar-refractivity contribution in [3.8, 4) is 0 Å². The van der Waals surface area contributed by atoms with Crippen LogP contribution in [-0.4, -0.2) is 5.88 Å². The molecule has 0 aromatic heterocycles. The van der Waals surface area contributed by atoms with Crippen LogP contribution in [0, 0.1) is 0 Å². The van der Waals surface area contributed by atoms with E-state index in [4.69, 9.17) is 16.4 Å². The number of alkyl halides is 1. The molecule has 13 heavy (non-hydrogen) atoms. The lowest BCUT2D eigenvalue weighted by atomic mass is 10.3. The van der Waals surface area contributed by atoms with Gasteiger partial charge in [0.15, 0.2) is 0 Å². The first-order chi connectivity index (χ1) is 6.40. The third-order valence-electron chi connectivity index (χ3n) is 1.68. The Labute approximate surface area is 81.5 Å². The Morgan fingerprint density at radius 1 is 1.31 bits per heavy atom. The first-order valence-electron chi connectivity index (χ1n) is 3.94. The van der Waals surface area contributed by atoms with E-state index in [-0.39, 0.29) is 0 Å². The van der Waals surface area contributed by atoms with E-state index in [2.05, 4.69) is 5.43 Å². The molecular formula is C9H9ClN2O. The SMILES string of the molecule is ClCC1=CON(c2ccccc2)N1. The van der Waals surface area contributed by atoms with Crippen LogP contribution in [-0.2, 0) is 4.84 Å². The minimum atomic E-state index is 0.420. The summed E-state index contributed by atoms with van der Waals surface area (Å²) < 4.78 is 0. The number of hydrogen-bond donors (Lipinski definition) is 1. The molecule has 1 aromatic carbocycles.